The van der Waals surface area contributed by atoms with Gasteiger partial charge in [-0.15, -0.1) is 0 Å². The molecule has 0 aliphatic carbocycles. The number of benzene rings is 1. The molecule has 1 aromatic carbocycles. The van der Waals surface area contributed by atoms with Gasteiger partial charge in [-0.25, -0.2) is 14.2 Å². The number of amides is 1. The second kappa shape index (κ2) is 7.11. The molecule has 136 valence electrons. The van der Waals surface area contributed by atoms with E-state index in [2.05, 4.69) is 15.3 Å². The molecule has 0 aliphatic heterocycles. The number of rotatable bonds is 4. The van der Waals surface area contributed by atoms with Gasteiger partial charge in [0.1, 0.15) is 11.4 Å². The van der Waals surface area contributed by atoms with Crippen molar-refractivity contribution >= 4 is 11.7 Å². The fourth-order valence-corrected chi connectivity index (χ4v) is 2.51. The van der Waals surface area contributed by atoms with Crippen LogP contribution in [0.5, 0.6) is 0 Å². The summed E-state index contributed by atoms with van der Waals surface area (Å²) in [6.45, 7) is 5.84. The molecule has 3 rings (SSSR count). The Labute approximate surface area is 151 Å². The first-order valence-corrected chi connectivity index (χ1v) is 8.37. The third-order valence-corrected chi connectivity index (χ3v) is 3.62. The van der Waals surface area contributed by atoms with Crippen LogP contribution in [-0.4, -0.2) is 32.6 Å². The number of aromatic nitrogens is 3. The van der Waals surface area contributed by atoms with Gasteiger partial charge in [0.05, 0.1) is 11.4 Å². The van der Waals surface area contributed by atoms with E-state index in [9.17, 15) is 9.18 Å². The summed E-state index contributed by atoms with van der Waals surface area (Å²) in [4.78, 5) is 20.7. The maximum Gasteiger partial charge on any atom is 0.407 e. The molecule has 26 heavy (non-hydrogen) atoms. The number of carbonyl (C=O) groups is 1. The first-order valence-electron chi connectivity index (χ1n) is 8.37. The maximum absolute atomic E-state index is 13.1. The lowest BCUT2D eigenvalue weighted by molar-refractivity contribution is 0.0528. The maximum atomic E-state index is 13.1. The van der Waals surface area contributed by atoms with Gasteiger partial charge >= 0.3 is 6.09 Å². The zero-order valence-corrected chi connectivity index (χ0v) is 15.0. The molecular weight excluding hydrogens is 335 g/mol. The van der Waals surface area contributed by atoms with E-state index in [1.165, 1.54) is 12.1 Å². The van der Waals surface area contributed by atoms with Crippen molar-refractivity contribution in [1.29, 1.82) is 0 Å². The number of fused-ring (bicyclic) bond motifs is 1. The summed E-state index contributed by atoms with van der Waals surface area (Å²) in [5, 5.41) is 2.72. The second-order valence-corrected chi connectivity index (χ2v) is 6.92. The lowest BCUT2D eigenvalue weighted by atomic mass is 10.2. The van der Waals surface area contributed by atoms with E-state index in [-0.39, 0.29) is 5.82 Å². The summed E-state index contributed by atoms with van der Waals surface area (Å²) in [7, 11) is 0. The van der Waals surface area contributed by atoms with Crippen molar-refractivity contribution < 1.29 is 13.9 Å². The summed E-state index contributed by atoms with van der Waals surface area (Å²) in [6, 6.07) is 6.19. The number of hydrogen-bond donors (Lipinski definition) is 1. The highest BCUT2D eigenvalue weighted by Gasteiger charge is 2.16. The van der Waals surface area contributed by atoms with Gasteiger partial charge in [-0.05, 0) is 45.0 Å². The Morgan fingerprint density at radius 3 is 2.69 bits per heavy atom. The minimum Gasteiger partial charge on any atom is -0.444 e. The van der Waals surface area contributed by atoms with Crippen LogP contribution in [0.3, 0.4) is 0 Å². The Morgan fingerprint density at radius 2 is 2.00 bits per heavy atom. The molecule has 7 heteroatoms. The highest BCUT2D eigenvalue weighted by Crippen LogP contribution is 2.20. The molecule has 0 aliphatic rings. The number of nitrogens with zero attached hydrogens (tertiary/aromatic N) is 3. The molecule has 2 heterocycles. The molecule has 0 saturated heterocycles. The molecular formula is C19H21FN4O2. The van der Waals surface area contributed by atoms with Crippen LogP contribution < -0.4 is 5.32 Å². The average molecular weight is 356 g/mol. The Morgan fingerprint density at radius 1 is 1.27 bits per heavy atom. The zero-order chi connectivity index (χ0) is 18.7. The number of alkyl carbamates (subject to hydrolysis) is 1. The molecule has 3 aromatic rings. The number of imidazole rings is 1. The standard InChI is InChI=1S/C19H21FN4O2/c1-19(2,3)26-18(25)22-9-8-15-17-23-16(12-24(17)11-10-21-15)13-4-6-14(20)7-5-13/h4-7,10-12H,8-9H2,1-3H3,(H,22,25). The summed E-state index contributed by atoms with van der Waals surface area (Å²) in [5.74, 6) is -0.284. The summed E-state index contributed by atoms with van der Waals surface area (Å²) in [5.41, 5.74) is 2.50. The van der Waals surface area contributed by atoms with Crippen molar-refractivity contribution in [2.45, 2.75) is 32.8 Å². The van der Waals surface area contributed by atoms with E-state index < -0.39 is 11.7 Å². The number of hydrogen-bond acceptors (Lipinski definition) is 4. The van der Waals surface area contributed by atoms with Crippen LogP contribution in [0.1, 0.15) is 26.5 Å². The largest absolute Gasteiger partial charge is 0.444 e. The number of halogens is 1. The van der Waals surface area contributed by atoms with Gasteiger partial charge in [-0.2, -0.15) is 0 Å². The molecule has 2 aromatic heterocycles. The van der Waals surface area contributed by atoms with Gasteiger partial charge in [0.25, 0.3) is 0 Å². The summed E-state index contributed by atoms with van der Waals surface area (Å²) < 4.78 is 20.2. The minimum absolute atomic E-state index is 0.284. The fourth-order valence-electron chi connectivity index (χ4n) is 2.51. The van der Waals surface area contributed by atoms with Crippen molar-refractivity contribution in [2.24, 2.45) is 0 Å². The predicted octanol–water partition coefficient (Wildman–Crippen LogP) is 3.60. The second-order valence-electron chi connectivity index (χ2n) is 6.92. The van der Waals surface area contributed by atoms with Crippen molar-refractivity contribution in [2.75, 3.05) is 6.54 Å². The molecule has 0 radical (unpaired) electrons. The molecule has 6 nitrogen and oxygen atoms in total. The highest BCUT2D eigenvalue weighted by atomic mass is 19.1. The molecule has 0 spiro atoms. The van der Waals surface area contributed by atoms with E-state index in [1.54, 1.807) is 24.5 Å². The fraction of sp³-hybridized carbons (Fsp3) is 0.316. The highest BCUT2D eigenvalue weighted by molar-refractivity contribution is 5.67. The molecule has 0 atom stereocenters. The molecule has 1 amide bonds. The normalized spacial score (nSPS) is 11.5. The van der Waals surface area contributed by atoms with E-state index in [0.29, 0.717) is 18.6 Å². The average Bonchev–Trinajstić information content (AvgIpc) is 2.99. The van der Waals surface area contributed by atoms with Crippen molar-refractivity contribution in [3.05, 3.63) is 54.4 Å². The van der Waals surface area contributed by atoms with Gasteiger partial charge < -0.3 is 14.5 Å². The van der Waals surface area contributed by atoms with Gasteiger partial charge in [0, 0.05) is 37.1 Å². The molecule has 0 saturated carbocycles. The van der Waals surface area contributed by atoms with Crippen LogP contribution in [-0.2, 0) is 11.2 Å². The SMILES string of the molecule is CC(C)(C)OC(=O)NCCc1nccn2cc(-c3ccc(F)cc3)nc12. The lowest BCUT2D eigenvalue weighted by Gasteiger charge is -2.19. The lowest BCUT2D eigenvalue weighted by Crippen LogP contribution is -2.33. The molecule has 1 N–H and O–H groups in total. The van der Waals surface area contributed by atoms with Crippen LogP contribution in [0, 0.1) is 5.82 Å². The minimum atomic E-state index is -0.532. The van der Waals surface area contributed by atoms with Crippen LogP contribution in [0.4, 0.5) is 9.18 Å². The quantitative estimate of drug-likeness (QED) is 0.775. The molecule has 0 unspecified atom stereocenters. The topological polar surface area (TPSA) is 68.5 Å². The Kier molecular flexibility index (Phi) is 4.88. The van der Waals surface area contributed by atoms with E-state index >= 15 is 0 Å². The predicted molar refractivity (Wildman–Crippen MR) is 96.3 cm³/mol. The van der Waals surface area contributed by atoms with E-state index in [0.717, 1.165) is 17.0 Å². The first-order chi connectivity index (χ1) is 12.3. The Balaban J connectivity index is 1.73. The van der Waals surface area contributed by atoms with Crippen molar-refractivity contribution in [3.63, 3.8) is 0 Å². The third kappa shape index (κ3) is 4.36. The number of carbonyl (C=O) groups excluding carboxylic acids is 1. The number of ether oxygens (including phenoxy) is 1. The Bertz CT molecular complexity index is 913. The van der Waals surface area contributed by atoms with Crippen molar-refractivity contribution in [3.8, 4) is 11.3 Å². The van der Waals surface area contributed by atoms with Crippen LogP contribution in [0.2, 0.25) is 0 Å². The van der Waals surface area contributed by atoms with Gasteiger partial charge in [0.2, 0.25) is 0 Å². The Hall–Kier alpha value is -2.96. The number of nitrogens with one attached hydrogen (secondary N) is 1. The molecule has 0 fully saturated rings. The smallest absolute Gasteiger partial charge is 0.407 e. The van der Waals surface area contributed by atoms with E-state index in [4.69, 9.17) is 4.74 Å². The van der Waals surface area contributed by atoms with Crippen LogP contribution in [0.15, 0.2) is 42.9 Å². The third-order valence-electron chi connectivity index (χ3n) is 3.62. The zero-order valence-electron chi connectivity index (χ0n) is 15.0. The summed E-state index contributed by atoms with van der Waals surface area (Å²) >= 11 is 0. The van der Waals surface area contributed by atoms with Crippen LogP contribution in [0.25, 0.3) is 16.9 Å². The van der Waals surface area contributed by atoms with Crippen molar-refractivity contribution in [1.82, 2.24) is 19.7 Å². The van der Waals surface area contributed by atoms with Crippen LogP contribution >= 0.6 is 0 Å². The monoisotopic (exact) mass is 356 g/mol. The molecule has 0 bridgehead atoms. The van der Waals surface area contributed by atoms with E-state index in [1.807, 2.05) is 31.4 Å². The van der Waals surface area contributed by atoms with Gasteiger partial charge in [-0.1, -0.05) is 0 Å². The first kappa shape index (κ1) is 17.8. The summed E-state index contributed by atoms with van der Waals surface area (Å²) in [6.07, 6.45) is 5.42. The van der Waals surface area contributed by atoms with Gasteiger partial charge in [-0.3, -0.25) is 4.98 Å². The van der Waals surface area contributed by atoms with Gasteiger partial charge in [0.15, 0.2) is 5.65 Å².